The Morgan fingerprint density at radius 2 is 1.93 bits per heavy atom. The van der Waals surface area contributed by atoms with E-state index in [1.807, 2.05) is 0 Å². The SMILES string of the molecule is CCOC(=O)CNc1c(-c2ccc(C(F)(F)F)cc2)nc2ccc(Br)cn12. The van der Waals surface area contributed by atoms with Gasteiger partial charge in [-0.3, -0.25) is 9.20 Å². The lowest BCUT2D eigenvalue weighted by Crippen LogP contribution is -2.17. The predicted molar refractivity (Wildman–Crippen MR) is 98.5 cm³/mol. The van der Waals surface area contributed by atoms with Crippen molar-refractivity contribution in [3.8, 4) is 11.3 Å². The maximum absolute atomic E-state index is 12.8. The number of nitrogens with one attached hydrogen (secondary N) is 1. The predicted octanol–water partition coefficient (Wildman–Crippen LogP) is 4.76. The molecule has 1 aromatic carbocycles. The Kier molecular flexibility index (Phi) is 5.41. The van der Waals surface area contributed by atoms with Crippen LogP contribution in [0.1, 0.15) is 12.5 Å². The molecule has 0 saturated carbocycles. The second kappa shape index (κ2) is 7.59. The summed E-state index contributed by atoms with van der Waals surface area (Å²) in [6.07, 6.45) is -2.66. The Morgan fingerprint density at radius 3 is 2.56 bits per heavy atom. The van der Waals surface area contributed by atoms with Gasteiger partial charge < -0.3 is 10.1 Å². The first-order valence-corrected chi connectivity index (χ1v) is 8.83. The fourth-order valence-corrected chi connectivity index (χ4v) is 2.91. The summed E-state index contributed by atoms with van der Waals surface area (Å²) in [5.74, 6) is 0.0416. The van der Waals surface area contributed by atoms with Gasteiger partial charge in [-0.15, -0.1) is 0 Å². The smallest absolute Gasteiger partial charge is 0.416 e. The number of esters is 1. The largest absolute Gasteiger partial charge is 0.465 e. The van der Waals surface area contributed by atoms with Gasteiger partial charge in [0.15, 0.2) is 0 Å². The van der Waals surface area contributed by atoms with Crippen LogP contribution in [0.3, 0.4) is 0 Å². The zero-order valence-electron chi connectivity index (χ0n) is 14.2. The molecule has 0 aliphatic rings. The monoisotopic (exact) mass is 441 g/mol. The average Bonchev–Trinajstić information content (AvgIpc) is 2.97. The van der Waals surface area contributed by atoms with Crippen LogP contribution in [0.25, 0.3) is 16.9 Å². The number of pyridine rings is 1. The summed E-state index contributed by atoms with van der Waals surface area (Å²) in [5.41, 5.74) is 0.776. The summed E-state index contributed by atoms with van der Waals surface area (Å²) in [5, 5.41) is 2.97. The van der Waals surface area contributed by atoms with Crippen LogP contribution in [0.15, 0.2) is 47.1 Å². The fourth-order valence-electron chi connectivity index (χ4n) is 2.57. The minimum absolute atomic E-state index is 0.0955. The van der Waals surface area contributed by atoms with E-state index in [9.17, 15) is 18.0 Å². The van der Waals surface area contributed by atoms with E-state index in [4.69, 9.17) is 4.74 Å². The summed E-state index contributed by atoms with van der Waals surface area (Å²) in [7, 11) is 0. The summed E-state index contributed by atoms with van der Waals surface area (Å²) >= 11 is 3.38. The van der Waals surface area contributed by atoms with Crippen LogP contribution in [0.4, 0.5) is 19.0 Å². The Balaban J connectivity index is 2.03. The van der Waals surface area contributed by atoms with Gasteiger partial charge >= 0.3 is 12.1 Å². The van der Waals surface area contributed by atoms with Crippen LogP contribution in [0.2, 0.25) is 0 Å². The Bertz CT molecular complexity index is 968. The van der Waals surface area contributed by atoms with E-state index >= 15 is 0 Å². The van der Waals surface area contributed by atoms with E-state index in [1.54, 1.807) is 29.7 Å². The van der Waals surface area contributed by atoms with Crippen molar-refractivity contribution in [2.75, 3.05) is 18.5 Å². The Hall–Kier alpha value is -2.55. The van der Waals surface area contributed by atoms with E-state index < -0.39 is 17.7 Å². The number of anilines is 1. The van der Waals surface area contributed by atoms with Crippen LogP contribution < -0.4 is 5.32 Å². The standard InChI is InChI=1S/C18H15BrF3N3O2/c1-2-27-15(26)9-23-17-16(24-14-8-7-13(19)10-25(14)17)11-3-5-12(6-4-11)18(20,21)22/h3-8,10,23H,2,9H2,1H3. The molecule has 0 spiro atoms. The van der Waals surface area contributed by atoms with Crippen molar-refractivity contribution in [3.63, 3.8) is 0 Å². The van der Waals surface area contributed by atoms with Crippen molar-refractivity contribution < 1.29 is 22.7 Å². The third-order valence-corrected chi connectivity index (χ3v) is 4.24. The zero-order valence-corrected chi connectivity index (χ0v) is 15.8. The van der Waals surface area contributed by atoms with Crippen molar-refractivity contribution in [2.45, 2.75) is 13.1 Å². The minimum atomic E-state index is -4.41. The van der Waals surface area contributed by atoms with Crippen LogP contribution in [-0.4, -0.2) is 28.5 Å². The van der Waals surface area contributed by atoms with Crippen LogP contribution in [-0.2, 0) is 15.7 Å². The summed E-state index contributed by atoms with van der Waals surface area (Å²) in [6.45, 7) is 1.86. The number of carbonyl (C=O) groups is 1. The van der Waals surface area contributed by atoms with Crippen molar-refractivity contribution in [3.05, 3.63) is 52.6 Å². The maximum Gasteiger partial charge on any atom is 0.416 e. The molecule has 1 N–H and O–H groups in total. The topological polar surface area (TPSA) is 55.6 Å². The second-order valence-corrected chi connectivity index (χ2v) is 6.53. The van der Waals surface area contributed by atoms with Gasteiger partial charge in [0.25, 0.3) is 0 Å². The van der Waals surface area contributed by atoms with Gasteiger partial charge in [-0.25, -0.2) is 4.98 Å². The molecular weight excluding hydrogens is 427 g/mol. The normalized spacial score (nSPS) is 11.6. The highest BCUT2D eigenvalue weighted by atomic mass is 79.9. The number of fused-ring (bicyclic) bond motifs is 1. The van der Waals surface area contributed by atoms with Crippen LogP contribution in [0.5, 0.6) is 0 Å². The first-order chi connectivity index (χ1) is 12.8. The molecule has 2 heterocycles. The van der Waals surface area contributed by atoms with Crippen LogP contribution in [0, 0.1) is 0 Å². The third-order valence-electron chi connectivity index (χ3n) is 3.77. The molecule has 0 aliphatic heterocycles. The number of alkyl halides is 3. The molecular formula is C18H15BrF3N3O2. The number of nitrogens with zero attached hydrogens (tertiary/aromatic N) is 2. The molecule has 0 fully saturated rings. The van der Waals surface area contributed by atoms with Crippen LogP contribution >= 0.6 is 15.9 Å². The molecule has 0 bridgehead atoms. The number of ether oxygens (including phenoxy) is 1. The average molecular weight is 442 g/mol. The van der Waals surface area contributed by atoms with Gasteiger partial charge in [0, 0.05) is 16.2 Å². The number of halogens is 4. The van der Waals surface area contributed by atoms with E-state index in [2.05, 4.69) is 26.2 Å². The molecule has 0 saturated heterocycles. The Labute approximate surface area is 161 Å². The summed E-state index contributed by atoms with van der Waals surface area (Å²) < 4.78 is 45.8. The Morgan fingerprint density at radius 1 is 1.22 bits per heavy atom. The lowest BCUT2D eigenvalue weighted by atomic mass is 10.1. The minimum Gasteiger partial charge on any atom is -0.465 e. The van der Waals surface area contributed by atoms with E-state index in [0.717, 1.165) is 16.6 Å². The van der Waals surface area contributed by atoms with Gasteiger partial charge in [-0.2, -0.15) is 13.2 Å². The molecule has 0 aliphatic carbocycles. The number of rotatable bonds is 5. The lowest BCUT2D eigenvalue weighted by Gasteiger charge is -2.10. The van der Waals surface area contributed by atoms with Crippen molar-refractivity contribution in [1.29, 1.82) is 0 Å². The van der Waals surface area contributed by atoms with E-state index in [0.29, 0.717) is 22.7 Å². The zero-order chi connectivity index (χ0) is 19.6. The maximum atomic E-state index is 12.8. The van der Waals surface area contributed by atoms with Crippen molar-refractivity contribution >= 4 is 33.4 Å². The highest BCUT2D eigenvalue weighted by molar-refractivity contribution is 9.10. The number of benzene rings is 1. The van der Waals surface area contributed by atoms with Gasteiger partial charge in [0.1, 0.15) is 23.7 Å². The quantitative estimate of drug-likeness (QED) is 0.580. The molecule has 0 unspecified atom stereocenters. The molecule has 27 heavy (non-hydrogen) atoms. The molecule has 3 rings (SSSR count). The number of imidazole rings is 1. The van der Waals surface area contributed by atoms with Crippen molar-refractivity contribution in [1.82, 2.24) is 9.38 Å². The molecule has 142 valence electrons. The molecule has 5 nitrogen and oxygen atoms in total. The van der Waals surface area contributed by atoms with Gasteiger partial charge in [-0.1, -0.05) is 12.1 Å². The number of carbonyl (C=O) groups excluding carboxylic acids is 1. The fraction of sp³-hybridized carbons (Fsp3) is 0.222. The number of aromatic nitrogens is 2. The van der Waals surface area contributed by atoms with E-state index in [1.165, 1.54) is 12.1 Å². The molecule has 9 heteroatoms. The summed E-state index contributed by atoms with van der Waals surface area (Å²) in [4.78, 5) is 16.2. The second-order valence-electron chi connectivity index (χ2n) is 5.62. The first-order valence-electron chi connectivity index (χ1n) is 8.04. The van der Waals surface area contributed by atoms with Gasteiger partial charge in [-0.05, 0) is 47.1 Å². The molecule has 2 aromatic heterocycles. The molecule has 3 aromatic rings. The summed E-state index contributed by atoms with van der Waals surface area (Å²) in [6, 6.07) is 8.28. The highest BCUT2D eigenvalue weighted by Crippen LogP contribution is 2.33. The number of hydrogen-bond acceptors (Lipinski definition) is 4. The van der Waals surface area contributed by atoms with Gasteiger partial charge in [0.2, 0.25) is 0 Å². The van der Waals surface area contributed by atoms with Crippen molar-refractivity contribution in [2.24, 2.45) is 0 Å². The third kappa shape index (κ3) is 4.24. The van der Waals surface area contributed by atoms with E-state index in [-0.39, 0.29) is 13.2 Å². The first kappa shape index (κ1) is 19.2. The highest BCUT2D eigenvalue weighted by Gasteiger charge is 2.30. The molecule has 0 amide bonds. The van der Waals surface area contributed by atoms with Gasteiger partial charge in [0.05, 0.1) is 12.2 Å². The lowest BCUT2D eigenvalue weighted by molar-refractivity contribution is -0.141. The molecule has 0 radical (unpaired) electrons. The molecule has 0 atom stereocenters. The number of hydrogen-bond donors (Lipinski definition) is 1.